The highest BCUT2D eigenvalue weighted by Crippen LogP contribution is 2.28. The minimum absolute atomic E-state index is 0.0231. The summed E-state index contributed by atoms with van der Waals surface area (Å²) in [5.41, 5.74) is 9.87. The molecular weight excluding hydrogens is 382 g/mol. The van der Waals surface area contributed by atoms with E-state index < -0.39 is 11.6 Å². The highest BCUT2D eigenvalue weighted by Gasteiger charge is 2.22. The number of amidine groups is 1. The summed E-state index contributed by atoms with van der Waals surface area (Å²) in [5, 5.41) is 10.4. The molecule has 1 aliphatic rings. The molecule has 0 saturated carbocycles. The lowest BCUT2D eigenvalue weighted by atomic mass is 9.99. The van der Waals surface area contributed by atoms with Crippen LogP contribution in [0.4, 0.5) is 8.78 Å². The number of fused-ring (bicyclic) bond motifs is 1. The van der Waals surface area contributed by atoms with Crippen molar-refractivity contribution in [1.29, 1.82) is 5.41 Å². The van der Waals surface area contributed by atoms with Crippen LogP contribution in [-0.4, -0.2) is 18.2 Å². The van der Waals surface area contributed by atoms with Crippen molar-refractivity contribution in [2.45, 2.75) is 25.4 Å². The Balaban J connectivity index is 1.57. The van der Waals surface area contributed by atoms with Crippen LogP contribution in [0.1, 0.15) is 22.3 Å². The Kier molecular flexibility index (Phi) is 5.68. The van der Waals surface area contributed by atoms with E-state index in [9.17, 15) is 4.39 Å². The SMILES string of the molecule is N=CN=C(N)c1cccc(-c2ccc(F)c(CNC3Cc4ccccc4C3)c2F)c1. The molecule has 30 heavy (non-hydrogen) atoms. The molecule has 4 N–H and O–H groups in total. The van der Waals surface area contributed by atoms with E-state index in [1.165, 1.54) is 23.3 Å². The number of benzene rings is 3. The van der Waals surface area contributed by atoms with Crippen molar-refractivity contribution in [2.24, 2.45) is 10.7 Å². The van der Waals surface area contributed by atoms with Gasteiger partial charge in [0.05, 0.1) is 0 Å². The van der Waals surface area contributed by atoms with Crippen LogP contribution < -0.4 is 11.1 Å². The molecule has 6 heteroatoms. The highest BCUT2D eigenvalue weighted by atomic mass is 19.1. The van der Waals surface area contributed by atoms with E-state index in [4.69, 9.17) is 11.1 Å². The van der Waals surface area contributed by atoms with Crippen LogP contribution >= 0.6 is 0 Å². The average Bonchev–Trinajstić information content (AvgIpc) is 3.17. The molecule has 4 nitrogen and oxygen atoms in total. The molecule has 3 aromatic rings. The summed E-state index contributed by atoms with van der Waals surface area (Å²) < 4.78 is 29.7. The number of hydrogen-bond donors (Lipinski definition) is 3. The van der Waals surface area contributed by atoms with Crippen LogP contribution in [0.3, 0.4) is 0 Å². The first-order valence-corrected chi connectivity index (χ1v) is 9.77. The standard InChI is InChI=1S/C24H22F2N4/c25-22-9-8-20(17-6-3-7-18(10-17)24(28)30-14-27)23(26)21(22)13-29-19-11-15-4-1-2-5-16(15)12-19/h1-10,14,19,29H,11-13H2,(H3,27,28,30). The van der Waals surface area contributed by atoms with Gasteiger partial charge in [0.1, 0.15) is 23.8 Å². The second kappa shape index (κ2) is 8.55. The molecular formula is C24H22F2N4. The van der Waals surface area contributed by atoms with Crippen molar-refractivity contribution in [3.8, 4) is 11.1 Å². The lowest BCUT2D eigenvalue weighted by Gasteiger charge is -2.15. The average molecular weight is 404 g/mol. The summed E-state index contributed by atoms with van der Waals surface area (Å²) in [6.45, 7) is 0.112. The number of nitrogens with two attached hydrogens (primary N) is 1. The second-order valence-electron chi connectivity index (χ2n) is 7.37. The maximum atomic E-state index is 15.3. The van der Waals surface area contributed by atoms with Gasteiger partial charge in [-0.1, -0.05) is 42.5 Å². The molecule has 0 bridgehead atoms. The van der Waals surface area contributed by atoms with E-state index in [1.54, 1.807) is 24.3 Å². The number of halogens is 2. The van der Waals surface area contributed by atoms with Crippen LogP contribution in [0.5, 0.6) is 0 Å². The van der Waals surface area contributed by atoms with Crippen LogP contribution in [0.15, 0.2) is 65.7 Å². The molecule has 0 saturated heterocycles. The van der Waals surface area contributed by atoms with Gasteiger partial charge in [-0.2, -0.15) is 0 Å². The van der Waals surface area contributed by atoms with E-state index in [2.05, 4.69) is 22.4 Å². The van der Waals surface area contributed by atoms with Gasteiger partial charge < -0.3 is 11.1 Å². The molecule has 0 unspecified atom stereocenters. The van der Waals surface area contributed by atoms with E-state index in [0.717, 1.165) is 19.2 Å². The predicted molar refractivity (Wildman–Crippen MR) is 116 cm³/mol. The van der Waals surface area contributed by atoms with Crippen LogP contribution in [0.2, 0.25) is 0 Å². The zero-order chi connectivity index (χ0) is 21.1. The first-order chi connectivity index (χ1) is 14.6. The minimum atomic E-state index is -0.585. The fraction of sp³-hybridized carbons (Fsp3) is 0.167. The van der Waals surface area contributed by atoms with Crippen LogP contribution in [-0.2, 0) is 19.4 Å². The van der Waals surface area contributed by atoms with Gasteiger partial charge in [-0.15, -0.1) is 0 Å². The van der Waals surface area contributed by atoms with Crippen LogP contribution in [0.25, 0.3) is 11.1 Å². The number of aliphatic imine (C=N–C) groups is 1. The van der Waals surface area contributed by atoms with Crippen molar-refractivity contribution in [2.75, 3.05) is 0 Å². The maximum Gasteiger partial charge on any atom is 0.138 e. The van der Waals surface area contributed by atoms with E-state index in [0.29, 0.717) is 16.7 Å². The Morgan fingerprint density at radius 2 is 1.80 bits per heavy atom. The lowest BCUT2D eigenvalue weighted by Crippen LogP contribution is -2.29. The van der Waals surface area contributed by atoms with Gasteiger partial charge in [0.25, 0.3) is 0 Å². The number of rotatable bonds is 6. The summed E-state index contributed by atoms with van der Waals surface area (Å²) >= 11 is 0. The van der Waals surface area contributed by atoms with Gasteiger partial charge in [0.15, 0.2) is 0 Å². The molecule has 0 atom stereocenters. The number of nitrogens with zero attached hydrogens (tertiary/aromatic N) is 1. The Morgan fingerprint density at radius 3 is 2.50 bits per heavy atom. The topological polar surface area (TPSA) is 74.3 Å². The van der Waals surface area contributed by atoms with Crippen molar-refractivity contribution in [3.63, 3.8) is 0 Å². The largest absolute Gasteiger partial charge is 0.383 e. The van der Waals surface area contributed by atoms with Gasteiger partial charge in [0, 0.05) is 29.3 Å². The molecule has 0 aliphatic heterocycles. The summed E-state index contributed by atoms with van der Waals surface area (Å²) in [4.78, 5) is 3.75. The molecule has 4 rings (SSSR count). The molecule has 0 radical (unpaired) electrons. The summed E-state index contributed by atoms with van der Waals surface area (Å²) in [5.74, 6) is -0.991. The van der Waals surface area contributed by atoms with Crippen molar-refractivity contribution in [3.05, 3.63) is 94.6 Å². The Morgan fingerprint density at radius 1 is 1.07 bits per heavy atom. The number of hydrogen-bond acceptors (Lipinski definition) is 2. The second-order valence-corrected chi connectivity index (χ2v) is 7.37. The van der Waals surface area contributed by atoms with E-state index in [1.807, 2.05) is 12.1 Å². The van der Waals surface area contributed by atoms with E-state index >= 15 is 4.39 Å². The lowest BCUT2D eigenvalue weighted by molar-refractivity contribution is 0.492. The van der Waals surface area contributed by atoms with Gasteiger partial charge in [-0.3, -0.25) is 5.41 Å². The third-order valence-corrected chi connectivity index (χ3v) is 5.48. The zero-order valence-electron chi connectivity index (χ0n) is 16.3. The first-order valence-electron chi connectivity index (χ1n) is 9.77. The van der Waals surface area contributed by atoms with Crippen molar-refractivity contribution in [1.82, 2.24) is 5.32 Å². The molecule has 0 amide bonds. The fourth-order valence-electron chi connectivity index (χ4n) is 3.92. The van der Waals surface area contributed by atoms with Crippen molar-refractivity contribution >= 4 is 12.2 Å². The molecule has 1 aliphatic carbocycles. The highest BCUT2D eigenvalue weighted by molar-refractivity contribution is 6.01. The number of nitrogens with one attached hydrogen (secondary N) is 2. The Labute approximate surface area is 174 Å². The molecule has 152 valence electrons. The molecule has 0 aromatic heterocycles. The van der Waals surface area contributed by atoms with Gasteiger partial charge in [-0.25, -0.2) is 13.8 Å². The summed E-state index contributed by atoms with van der Waals surface area (Å²) in [7, 11) is 0. The first kappa shape index (κ1) is 19.9. The van der Waals surface area contributed by atoms with Crippen LogP contribution in [0, 0.1) is 17.0 Å². The normalized spacial score (nSPS) is 14.0. The van der Waals surface area contributed by atoms with Gasteiger partial charge in [-0.05, 0) is 47.7 Å². The fourth-order valence-corrected chi connectivity index (χ4v) is 3.92. The molecule has 3 aromatic carbocycles. The van der Waals surface area contributed by atoms with Gasteiger partial charge >= 0.3 is 0 Å². The van der Waals surface area contributed by atoms with E-state index in [-0.39, 0.29) is 24.0 Å². The van der Waals surface area contributed by atoms with Crippen molar-refractivity contribution < 1.29 is 8.78 Å². The zero-order valence-corrected chi connectivity index (χ0v) is 16.3. The maximum absolute atomic E-state index is 15.3. The monoisotopic (exact) mass is 404 g/mol. The summed E-state index contributed by atoms with van der Waals surface area (Å²) in [6.07, 6.45) is 2.56. The molecule has 0 spiro atoms. The quantitative estimate of drug-likeness (QED) is 0.425. The van der Waals surface area contributed by atoms with Gasteiger partial charge in [0.2, 0.25) is 0 Å². The third kappa shape index (κ3) is 4.00. The molecule has 0 fully saturated rings. The summed E-state index contributed by atoms with van der Waals surface area (Å²) in [6, 6.07) is 18.0. The molecule has 0 heterocycles. The predicted octanol–water partition coefficient (Wildman–Crippen LogP) is 4.20. The third-order valence-electron chi connectivity index (χ3n) is 5.48. The Bertz CT molecular complexity index is 1100. The Hall–Kier alpha value is -3.38. The smallest absolute Gasteiger partial charge is 0.138 e. The minimum Gasteiger partial charge on any atom is -0.383 e.